The standard InChI is InChI=1S/C8H15NO6.C6H15N3S/c1-3(11)9-5-7(13)6(12)4(2-10)15-8(5)14;1-2-3-4-5-8-9-6(7)10/h4-8,10,12-14H,2H2,1H3,(H,9,11);8H,2-5H2,1H3,(H3,7,9,10)/t4-,5-,6-,7-,8?;/m1./s1. The summed E-state index contributed by atoms with van der Waals surface area (Å²) < 4.78 is 4.81. The van der Waals surface area contributed by atoms with Gasteiger partial charge in [0.15, 0.2) is 11.4 Å². The Bertz CT molecular complexity index is 404. The van der Waals surface area contributed by atoms with Gasteiger partial charge in [-0.3, -0.25) is 10.2 Å². The third-order valence-electron chi connectivity index (χ3n) is 3.39. The Balaban J connectivity index is 0.000000504. The number of rotatable bonds is 7. The molecule has 1 saturated heterocycles. The van der Waals surface area contributed by atoms with E-state index in [4.69, 9.17) is 15.6 Å². The van der Waals surface area contributed by atoms with E-state index in [0.717, 1.165) is 13.0 Å². The first-order valence-electron chi connectivity index (χ1n) is 8.10. The predicted molar refractivity (Wildman–Crippen MR) is 95.0 cm³/mol. The molecule has 5 atom stereocenters. The molecule has 1 aliphatic rings. The average Bonchev–Trinajstić information content (AvgIpc) is 2.55. The van der Waals surface area contributed by atoms with Crippen LogP contribution >= 0.6 is 12.2 Å². The van der Waals surface area contributed by atoms with Gasteiger partial charge in [-0.2, -0.15) is 0 Å². The molecule has 0 radical (unpaired) electrons. The van der Waals surface area contributed by atoms with E-state index in [1.54, 1.807) is 0 Å². The second-order valence-electron chi connectivity index (χ2n) is 5.58. The predicted octanol–water partition coefficient (Wildman–Crippen LogP) is -2.56. The second-order valence-corrected chi connectivity index (χ2v) is 6.02. The molecule has 1 fully saturated rings. The van der Waals surface area contributed by atoms with E-state index >= 15 is 0 Å². The molecule has 0 aromatic carbocycles. The molecule has 0 bridgehead atoms. The summed E-state index contributed by atoms with van der Waals surface area (Å²) >= 11 is 4.58. The number of nitrogens with two attached hydrogens (primary N) is 1. The van der Waals surface area contributed by atoms with Crippen molar-refractivity contribution < 1.29 is 30.0 Å². The molecule has 1 amide bonds. The number of hydrogen-bond donors (Lipinski definition) is 8. The molecular weight excluding hydrogens is 352 g/mol. The van der Waals surface area contributed by atoms with Gasteiger partial charge in [-0.25, -0.2) is 5.43 Å². The number of unbranched alkanes of at least 4 members (excludes halogenated alkanes) is 2. The molecule has 0 aromatic heterocycles. The lowest BCUT2D eigenvalue weighted by Gasteiger charge is -2.40. The molecule has 0 saturated carbocycles. The number of ether oxygens (including phenoxy) is 1. The zero-order valence-electron chi connectivity index (χ0n) is 14.5. The van der Waals surface area contributed by atoms with E-state index in [1.165, 1.54) is 19.8 Å². The molecule has 0 aromatic rings. The molecule has 10 nitrogen and oxygen atoms in total. The maximum absolute atomic E-state index is 10.7. The van der Waals surface area contributed by atoms with Crippen LogP contribution in [0.1, 0.15) is 33.1 Å². The van der Waals surface area contributed by atoms with Gasteiger partial charge in [0.1, 0.15) is 24.4 Å². The van der Waals surface area contributed by atoms with Crippen molar-refractivity contribution >= 4 is 23.2 Å². The summed E-state index contributed by atoms with van der Waals surface area (Å²) in [7, 11) is 0. The van der Waals surface area contributed by atoms with Crippen LogP contribution in [-0.4, -0.2) is 75.2 Å². The first-order chi connectivity index (χ1) is 11.7. The van der Waals surface area contributed by atoms with Crippen LogP contribution in [0.3, 0.4) is 0 Å². The van der Waals surface area contributed by atoms with E-state index in [9.17, 15) is 20.1 Å². The minimum atomic E-state index is -1.45. The van der Waals surface area contributed by atoms with Gasteiger partial charge >= 0.3 is 0 Å². The number of thiocarbonyl (C=S) groups is 1. The lowest BCUT2D eigenvalue weighted by Crippen LogP contribution is -2.63. The molecule has 0 spiro atoms. The van der Waals surface area contributed by atoms with Crippen LogP contribution in [0.5, 0.6) is 0 Å². The van der Waals surface area contributed by atoms with Crippen molar-refractivity contribution in [2.75, 3.05) is 13.2 Å². The number of carbonyl (C=O) groups is 1. The monoisotopic (exact) mass is 382 g/mol. The highest BCUT2D eigenvalue weighted by atomic mass is 32.1. The van der Waals surface area contributed by atoms with Gasteiger partial charge in [0, 0.05) is 13.5 Å². The topological polar surface area (TPSA) is 169 Å². The molecule has 1 rings (SSSR count). The summed E-state index contributed by atoms with van der Waals surface area (Å²) in [5, 5.41) is 39.7. The van der Waals surface area contributed by atoms with Gasteiger partial charge in [0.2, 0.25) is 5.91 Å². The molecule has 1 heterocycles. The van der Waals surface area contributed by atoms with Crippen molar-refractivity contribution in [3.63, 3.8) is 0 Å². The lowest BCUT2D eigenvalue weighted by molar-refractivity contribution is -0.253. The number of aliphatic hydroxyl groups excluding tert-OH is 4. The molecule has 1 unspecified atom stereocenters. The minimum Gasteiger partial charge on any atom is -0.394 e. The van der Waals surface area contributed by atoms with Crippen molar-refractivity contribution in [2.45, 2.75) is 63.8 Å². The fourth-order valence-electron chi connectivity index (χ4n) is 2.10. The Morgan fingerprint density at radius 3 is 2.36 bits per heavy atom. The normalized spacial score (nSPS) is 28.5. The van der Waals surface area contributed by atoms with Gasteiger partial charge < -0.3 is 36.2 Å². The van der Waals surface area contributed by atoms with E-state index in [1.807, 2.05) is 0 Å². The number of nitrogens with one attached hydrogen (secondary N) is 3. The Labute approximate surface area is 152 Å². The summed E-state index contributed by atoms with van der Waals surface area (Å²) in [4.78, 5) is 10.7. The largest absolute Gasteiger partial charge is 0.394 e. The number of carbonyl (C=O) groups excluding carboxylic acids is 1. The molecule has 0 aliphatic carbocycles. The zero-order chi connectivity index (χ0) is 19.4. The quantitative estimate of drug-likeness (QED) is 0.133. The lowest BCUT2D eigenvalue weighted by atomic mass is 9.97. The van der Waals surface area contributed by atoms with Crippen molar-refractivity contribution in [3.8, 4) is 0 Å². The number of hydrazine groups is 1. The summed E-state index contributed by atoms with van der Waals surface area (Å²) in [5.41, 5.74) is 10.7. The average molecular weight is 382 g/mol. The Morgan fingerprint density at radius 1 is 1.24 bits per heavy atom. The fraction of sp³-hybridized carbons (Fsp3) is 0.857. The highest BCUT2D eigenvalue weighted by Gasteiger charge is 2.43. The summed E-state index contributed by atoms with van der Waals surface area (Å²) in [5.74, 6) is -0.462. The van der Waals surface area contributed by atoms with Crippen LogP contribution in [0.25, 0.3) is 0 Å². The third-order valence-corrected chi connectivity index (χ3v) is 3.49. The van der Waals surface area contributed by atoms with Crippen LogP contribution in [0.2, 0.25) is 0 Å². The highest BCUT2D eigenvalue weighted by molar-refractivity contribution is 7.80. The first-order valence-corrected chi connectivity index (χ1v) is 8.51. The van der Waals surface area contributed by atoms with Crippen molar-refractivity contribution in [2.24, 2.45) is 5.73 Å². The van der Waals surface area contributed by atoms with Crippen LogP contribution in [-0.2, 0) is 9.53 Å². The SMILES string of the molecule is CC(=O)N[C@H]1C(O)O[C@H](CO)[C@@H](O)[C@@H]1O.CCCCCNNC(N)=S. The van der Waals surface area contributed by atoms with Gasteiger partial charge in [-0.15, -0.1) is 0 Å². The second kappa shape index (κ2) is 13.2. The summed E-state index contributed by atoms with van der Waals surface area (Å²) in [6.07, 6.45) is -1.61. The van der Waals surface area contributed by atoms with E-state index in [2.05, 4.69) is 35.3 Å². The van der Waals surface area contributed by atoms with E-state index < -0.39 is 43.2 Å². The minimum absolute atomic E-state index is 0.302. The van der Waals surface area contributed by atoms with Crippen molar-refractivity contribution in [1.82, 2.24) is 16.2 Å². The summed E-state index contributed by atoms with van der Waals surface area (Å²) in [6.45, 7) is 3.78. The molecule has 1 aliphatic heterocycles. The number of hydrogen-bond acceptors (Lipinski definition) is 8. The highest BCUT2D eigenvalue weighted by Crippen LogP contribution is 2.19. The van der Waals surface area contributed by atoms with E-state index in [-0.39, 0.29) is 0 Å². The Hall–Kier alpha value is -1.08. The van der Waals surface area contributed by atoms with Crippen LogP contribution in [0, 0.1) is 0 Å². The van der Waals surface area contributed by atoms with Gasteiger partial charge in [-0.1, -0.05) is 19.8 Å². The van der Waals surface area contributed by atoms with E-state index in [0.29, 0.717) is 5.11 Å². The molecule has 25 heavy (non-hydrogen) atoms. The molecular formula is C14H30N4O6S. The molecule has 11 heteroatoms. The maximum atomic E-state index is 10.7. The first kappa shape index (κ1) is 23.9. The van der Waals surface area contributed by atoms with Crippen molar-refractivity contribution in [3.05, 3.63) is 0 Å². The fourth-order valence-corrected chi connectivity index (χ4v) is 2.17. The third kappa shape index (κ3) is 9.84. The van der Waals surface area contributed by atoms with Crippen molar-refractivity contribution in [1.29, 1.82) is 0 Å². The maximum Gasteiger partial charge on any atom is 0.217 e. The van der Waals surface area contributed by atoms with Crippen LogP contribution in [0.15, 0.2) is 0 Å². The smallest absolute Gasteiger partial charge is 0.217 e. The van der Waals surface area contributed by atoms with Gasteiger partial charge in [-0.05, 0) is 18.6 Å². The number of amides is 1. The Kier molecular flexibility index (Phi) is 12.6. The zero-order valence-corrected chi connectivity index (χ0v) is 15.3. The number of aliphatic hydroxyl groups is 4. The molecule has 9 N–H and O–H groups in total. The van der Waals surface area contributed by atoms with Gasteiger partial charge in [0.05, 0.1) is 6.61 Å². The van der Waals surface area contributed by atoms with Crippen LogP contribution < -0.4 is 21.9 Å². The molecule has 148 valence electrons. The van der Waals surface area contributed by atoms with Gasteiger partial charge in [0.25, 0.3) is 0 Å². The summed E-state index contributed by atoms with van der Waals surface area (Å²) in [6, 6.07) is -1.10. The van der Waals surface area contributed by atoms with Crippen LogP contribution in [0.4, 0.5) is 0 Å². The Morgan fingerprint density at radius 2 is 1.88 bits per heavy atom.